The highest BCUT2D eigenvalue weighted by Crippen LogP contribution is 2.31. The molecule has 0 bridgehead atoms. The average molecular weight is 369 g/mol. The lowest BCUT2D eigenvalue weighted by atomic mass is 10.2. The highest BCUT2D eigenvalue weighted by molar-refractivity contribution is 6.31. The molecule has 2 aromatic rings. The van der Waals surface area contributed by atoms with Gasteiger partial charge in [-0.25, -0.2) is 4.39 Å². The first-order chi connectivity index (χ1) is 11.8. The smallest absolute Gasteiger partial charge is 0.311 e. The number of benzene rings is 2. The quantitative estimate of drug-likeness (QED) is 0.619. The van der Waals surface area contributed by atoms with Gasteiger partial charge in [-0.3, -0.25) is 14.9 Å². The number of halogens is 2. The van der Waals surface area contributed by atoms with Gasteiger partial charge in [0, 0.05) is 23.2 Å². The number of methoxy groups -OCH3 is 1. The number of nitrogens with zero attached hydrogens (tertiary/aromatic N) is 1. The number of aryl methyl sites for hydroxylation is 1. The van der Waals surface area contributed by atoms with Crippen LogP contribution in [0.3, 0.4) is 0 Å². The van der Waals surface area contributed by atoms with Crippen molar-refractivity contribution in [3.8, 4) is 11.5 Å². The zero-order chi connectivity index (χ0) is 18.6. The number of carbonyl (C=O) groups is 1. The highest BCUT2D eigenvalue weighted by Gasteiger charge is 2.18. The van der Waals surface area contributed by atoms with Crippen LogP contribution in [0.2, 0.25) is 5.02 Å². The summed E-state index contributed by atoms with van der Waals surface area (Å²) in [4.78, 5) is 22.2. The summed E-state index contributed by atoms with van der Waals surface area (Å²) in [5.74, 6) is -1.30. The van der Waals surface area contributed by atoms with Gasteiger partial charge in [0.05, 0.1) is 17.7 Å². The van der Waals surface area contributed by atoms with Crippen molar-refractivity contribution < 1.29 is 23.6 Å². The van der Waals surface area contributed by atoms with E-state index in [1.54, 1.807) is 19.1 Å². The molecule has 7 nitrogen and oxygen atoms in total. The minimum Gasteiger partial charge on any atom is -0.495 e. The van der Waals surface area contributed by atoms with E-state index < -0.39 is 28.9 Å². The van der Waals surface area contributed by atoms with Crippen LogP contribution in [0.4, 0.5) is 15.8 Å². The Morgan fingerprint density at radius 1 is 1.32 bits per heavy atom. The largest absolute Gasteiger partial charge is 0.495 e. The number of carbonyl (C=O) groups excluding carboxylic acids is 1. The first-order valence-corrected chi connectivity index (χ1v) is 7.40. The second-order valence-corrected chi connectivity index (χ2v) is 5.41. The van der Waals surface area contributed by atoms with Crippen LogP contribution in [0.1, 0.15) is 5.56 Å². The lowest BCUT2D eigenvalue weighted by Crippen LogP contribution is -2.21. The summed E-state index contributed by atoms with van der Waals surface area (Å²) in [5, 5.41) is 13.9. The fraction of sp³-hybridized carbons (Fsp3) is 0.188. The number of hydrogen-bond donors (Lipinski definition) is 1. The summed E-state index contributed by atoms with van der Waals surface area (Å²) in [5.41, 5.74) is 0.653. The molecule has 0 aliphatic heterocycles. The lowest BCUT2D eigenvalue weighted by molar-refractivity contribution is -0.385. The lowest BCUT2D eigenvalue weighted by Gasteiger charge is -2.12. The Bertz CT molecular complexity index is 828. The summed E-state index contributed by atoms with van der Waals surface area (Å²) >= 11 is 5.99. The molecule has 0 aliphatic carbocycles. The molecule has 0 fully saturated rings. The van der Waals surface area contributed by atoms with E-state index in [1.807, 2.05) is 0 Å². The summed E-state index contributed by atoms with van der Waals surface area (Å²) in [6.45, 7) is 1.21. The second kappa shape index (κ2) is 7.80. The van der Waals surface area contributed by atoms with Crippen molar-refractivity contribution in [3.63, 3.8) is 0 Å². The minimum atomic E-state index is -0.724. The maximum Gasteiger partial charge on any atom is 0.311 e. The summed E-state index contributed by atoms with van der Waals surface area (Å²) < 4.78 is 23.4. The van der Waals surface area contributed by atoms with Gasteiger partial charge in [-0.2, -0.15) is 0 Å². The molecule has 25 heavy (non-hydrogen) atoms. The maximum absolute atomic E-state index is 13.2. The normalized spacial score (nSPS) is 10.2. The highest BCUT2D eigenvalue weighted by atomic mass is 35.5. The number of nitro groups is 1. The fourth-order valence-corrected chi connectivity index (χ4v) is 2.17. The van der Waals surface area contributed by atoms with Crippen molar-refractivity contribution in [1.29, 1.82) is 0 Å². The summed E-state index contributed by atoms with van der Waals surface area (Å²) in [7, 11) is 1.42. The Hall–Kier alpha value is -2.87. The van der Waals surface area contributed by atoms with Crippen molar-refractivity contribution in [3.05, 3.63) is 56.8 Å². The number of nitrogens with one attached hydrogen (secondary N) is 1. The molecule has 0 atom stereocenters. The monoisotopic (exact) mass is 368 g/mol. The molecule has 0 aromatic heterocycles. The van der Waals surface area contributed by atoms with E-state index in [4.69, 9.17) is 21.1 Å². The van der Waals surface area contributed by atoms with Crippen LogP contribution in [0.15, 0.2) is 30.3 Å². The van der Waals surface area contributed by atoms with Crippen molar-refractivity contribution in [2.45, 2.75) is 6.92 Å². The van der Waals surface area contributed by atoms with E-state index in [0.717, 1.165) is 23.8 Å². The SMILES string of the molecule is COc1cc(Cl)c(C)cc1NC(=O)COc1cc(F)ccc1[N+](=O)[O-]. The molecular weight excluding hydrogens is 355 g/mol. The summed E-state index contributed by atoms with van der Waals surface area (Å²) in [6, 6.07) is 5.91. The molecule has 132 valence electrons. The van der Waals surface area contributed by atoms with E-state index >= 15 is 0 Å². The molecule has 0 unspecified atom stereocenters. The van der Waals surface area contributed by atoms with Gasteiger partial charge < -0.3 is 14.8 Å². The first kappa shape index (κ1) is 18.5. The maximum atomic E-state index is 13.2. The number of nitro benzene ring substituents is 1. The predicted molar refractivity (Wildman–Crippen MR) is 89.9 cm³/mol. The van der Waals surface area contributed by atoms with E-state index in [0.29, 0.717) is 16.5 Å². The van der Waals surface area contributed by atoms with Crippen LogP contribution < -0.4 is 14.8 Å². The standard InChI is InChI=1S/C16H14ClFN2O5/c1-9-5-12(14(24-2)7-11(9)17)19-16(21)8-25-15-6-10(18)3-4-13(15)20(22)23/h3-7H,8H2,1-2H3,(H,19,21). The van der Waals surface area contributed by atoms with Crippen LogP contribution in [-0.4, -0.2) is 24.5 Å². The zero-order valence-electron chi connectivity index (χ0n) is 13.3. The van der Waals surface area contributed by atoms with Crippen molar-refractivity contribution in [2.24, 2.45) is 0 Å². The molecular formula is C16H14ClFN2O5. The van der Waals surface area contributed by atoms with Gasteiger partial charge in [-0.1, -0.05) is 11.6 Å². The third-order valence-electron chi connectivity index (χ3n) is 3.23. The van der Waals surface area contributed by atoms with Gasteiger partial charge in [-0.05, 0) is 24.6 Å². The van der Waals surface area contributed by atoms with Crippen molar-refractivity contribution >= 4 is 28.9 Å². The van der Waals surface area contributed by atoms with Gasteiger partial charge in [-0.15, -0.1) is 0 Å². The molecule has 2 rings (SSSR count). The van der Waals surface area contributed by atoms with Crippen LogP contribution >= 0.6 is 11.6 Å². The van der Waals surface area contributed by atoms with E-state index in [2.05, 4.69) is 5.32 Å². The van der Waals surface area contributed by atoms with Crippen LogP contribution in [0, 0.1) is 22.9 Å². The predicted octanol–water partition coefficient (Wildman–Crippen LogP) is 3.72. The first-order valence-electron chi connectivity index (χ1n) is 7.02. The van der Waals surface area contributed by atoms with Crippen molar-refractivity contribution in [1.82, 2.24) is 0 Å². The van der Waals surface area contributed by atoms with Gasteiger partial charge in [0.1, 0.15) is 11.6 Å². The number of rotatable bonds is 6. The molecule has 1 amide bonds. The number of anilines is 1. The van der Waals surface area contributed by atoms with Crippen LogP contribution in [0.5, 0.6) is 11.5 Å². The Balaban J connectivity index is 2.11. The van der Waals surface area contributed by atoms with E-state index in [-0.39, 0.29) is 5.75 Å². The molecule has 0 radical (unpaired) electrons. The van der Waals surface area contributed by atoms with Gasteiger partial charge >= 0.3 is 5.69 Å². The third kappa shape index (κ3) is 4.57. The molecule has 1 N–H and O–H groups in total. The third-order valence-corrected chi connectivity index (χ3v) is 3.64. The van der Waals surface area contributed by atoms with Gasteiger partial charge in [0.25, 0.3) is 5.91 Å². The molecule has 0 saturated carbocycles. The van der Waals surface area contributed by atoms with E-state index in [1.165, 1.54) is 7.11 Å². The molecule has 0 aliphatic rings. The molecule has 9 heteroatoms. The van der Waals surface area contributed by atoms with Crippen LogP contribution in [0.25, 0.3) is 0 Å². The van der Waals surface area contributed by atoms with Crippen LogP contribution in [-0.2, 0) is 4.79 Å². The number of ether oxygens (including phenoxy) is 2. The molecule has 0 saturated heterocycles. The zero-order valence-corrected chi connectivity index (χ0v) is 14.1. The Morgan fingerprint density at radius 2 is 2.04 bits per heavy atom. The molecule has 2 aromatic carbocycles. The Labute approximate surface area is 147 Å². The fourth-order valence-electron chi connectivity index (χ4n) is 2.01. The average Bonchev–Trinajstić information content (AvgIpc) is 2.55. The van der Waals surface area contributed by atoms with Gasteiger partial charge in [0.15, 0.2) is 6.61 Å². The Kier molecular flexibility index (Phi) is 5.76. The molecule has 0 heterocycles. The Morgan fingerprint density at radius 3 is 2.68 bits per heavy atom. The minimum absolute atomic E-state index is 0.334. The van der Waals surface area contributed by atoms with E-state index in [9.17, 15) is 19.3 Å². The number of amides is 1. The summed E-state index contributed by atoms with van der Waals surface area (Å²) in [6.07, 6.45) is 0. The topological polar surface area (TPSA) is 90.7 Å². The van der Waals surface area contributed by atoms with Gasteiger partial charge in [0.2, 0.25) is 5.75 Å². The second-order valence-electron chi connectivity index (χ2n) is 5.01. The van der Waals surface area contributed by atoms with Crippen molar-refractivity contribution in [2.75, 3.05) is 19.0 Å². The molecule has 0 spiro atoms. The number of hydrogen-bond acceptors (Lipinski definition) is 5.